The molecular formula is C13H16O2. The molecule has 0 heterocycles. The SMILES string of the molecule is CCCCc1ccc(C(=O)CC=O)cc1. The lowest BCUT2D eigenvalue weighted by Gasteiger charge is -2.01. The molecule has 0 bridgehead atoms. The molecule has 0 spiro atoms. The molecule has 0 unspecified atom stereocenters. The maximum Gasteiger partial charge on any atom is 0.169 e. The van der Waals surface area contributed by atoms with Crippen molar-refractivity contribution < 1.29 is 9.59 Å². The van der Waals surface area contributed by atoms with Crippen LogP contribution in [0.25, 0.3) is 0 Å². The predicted octanol–water partition coefficient (Wildman–Crippen LogP) is 2.80. The van der Waals surface area contributed by atoms with E-state index in [-0.39, 0.29) is 12.2 Å². The van der Waals surface area contributed by atoms with Crippen molar-refractivity contribution in [1.82, 2.24) is 0 Å². The van der Waals surface area contributed by atoms with Gasteiger partial charge in [-0.1, -0.05) is 37.6 Å². The van der Waals surface area contributed by atoms with E-state index in [1.54, 1.807) is 12.1 Å². The summed E-state index contributed by atoms with van der Waals surface area (Å²) in [5, 5.41) is 0. The smallest absolute Gasteiger partial charge is 0.169 e. The minimum absolute atomic E-state index is 0.0195. The van der Waals surface area contributed by atoms with Crippen molar-refractivity contribution in [1.29, 1.82) is 0 Å². The zero-order valence-corrected chi connectivity index (χ0v) is 9.03. The van der Waals surface area contributed by atoms with Crippen LogP contribution in [-0.2, 0) is 11.2 Å². The zero-order chi connectivity index (χ0) is 11.1. The molecule has 0 radical (unpaired) electrons. The number of rotatable bonds is 6. The van der Waals surface area contributed by atoms with E-state index >= 15 is 0 Å². The number of hydrogen-bond acceptors (Lipinski definition) is 2. The van der Waals surface area contributed by atoms with E-state index in [1.165, 1.54) is 18.4 Å². The highest BCUT2D eigenvalue weighted by Crippen LogP contribution is 2.09. The highest BCUT2D eigenvalue weighted by molar-refractivity contribution is 6.02. The van der Waals surface area contributed by atoms with Crippen molar-refractivity contribution in [3.05, 3.63) is 35.4 Å². The summed E-state index contributed by atoms with van der Waals surface area (Å²) in [4.78, 5) is 21.5. The number of ketones is 1. The van der Waals surface area contributed by atoms with Gasteiger partial charge in [0.05, 0.1) is 6.42 Å². The molecule has 1 aromatic carbocycles. The van der Waals surface area contributed by atoms with Crippen LogP contribution in [0, 0.1) is 0 Å². The fraction of sp³-hybridized carbons (Fsp3) is 0.385. The zero-order valence-electron chi connectivity index (χ0n) is 9.03. The quantitative estimate of drug-likeness (QED) is 0.405. The molecule has 0 aromatic heterocycles. The van der Waals surface area contributed by atoms with Crippen LogP contribution in [0.1, 0.15) is 42.1 Å². The van der Waals surface area contributed by atoms with Gasteiger partial charge >= 0.3 is 0 Å². The maximum atomic E-state index is 11.3. The fourth-order valence-electron chi connectivity index (χ4n) is 1.43. The number of hydrogen-bond donors (Lipinski definition) is 0. The standard InChI is InChI=1S/C13H16O2/c1-2-3-4-11-5-7-12(8-6-11)13(15)9-10-14/h5-8,10H,2-4,9H2,1H3. The second kappa shape index (κ2) is 6.12. The van der Waals surface area contributed by atoms with Gasteiger partial charge in [-0.3, -0.25) is 4.79 Å². The Morgan fingerprint density at radius 1 is 1.27 bits per heavy atom. The van der Waals surface area contributed by atoms with E-state index in [0.29, 0.717) is 11.8 Å². The van der Waals surface area contributed by atoms with E-state index in [4.69, 9.17) is 0 Å². The fourth-order valence-corrected chi connectivity index (χ4v) is 1.43. The molecule has 80 valence electrons. The molecule has 1 rings (SSSR count). The van der Waals surface area contributed by atoms with Gasteiger partial charge in [-0.05, 0) is 18.4 Å². The lowest BCUT2D eigenvalue weighted by Crippen LogP contribution is -1.99. The van der Waals surface area contributed by atoms with Gasteiger partial charge in [0.2, 0.25) is 0 Å². The Hall–Kier alpha value is -1.44. The first-order valence-corrected chi connectivity index (χ1v) is 5.33. The molecule has 0 N–H and O–H groups in total. The number of aldehydes is 1. The summed E-state index contributed by atoms with van der Waals surface area (Å²) in [6, 6.07) is 7.54. The van der Waals surface area contributed by atoms with E-state index in [9.17, 15) is 9.59 Å². The van der Waals surface area contributed by atoms with Gasteiger partial charge in [-0.25, -0.2) is 0 Å². The summed E-state index contributed by atoms with van der Waals surface area (Å²) in [6.45, 7) is 2.15. The van der Waals surface area contributed by atoms with Crippen molar-refractivity contribution >= 4 is 12.1 Å². The topological polar surface area (TPSA) is 34.1 Å². The number of carbonyl (C=O) groups excluding carboxylic acids is 2. The first-order valence-electron chi connectivity index (χ1n) is 5.33. The van der Waals surface area contributed by atoms with Crippen LogP contribution in [0.2, 0.25) is 0 Å². The van der Waals surface area contributed by atoms with Crippen LogP contribution in [0.15, 0.2) is 24.3 Å². The summed E-state index contributed by atoms with van der Waals surface area (Å²) in [6.07, 6.45) is 4.02. The van der Waals surface area contributed by atoms with Gasteiger partial charge in [0.15, 0.2) is 5.78 Å². The van der Waals surface area contributed by atoms with Crippen LogP contribution in [0.5, 0.6) is 0 Å². The normalized spacial score (nSPS) is 9.93. The molecule has 2 nitrogen and oxygen atoms in total. The maximum absolute atomic E-state index is 11.3. The molecular weight excluding hydrogens is 188 g/mol. The average Bonchev–Trinajstić information content (AvgIpc) is 2.27. The second-order valence-electron chi connectivity index (χ2n) is 3.59. The first-order chi connectivity index (χ1) is 7.27. The van der Waals surface area contributed by atoms with Crippen LogP contribution in [0.3, 0.4) is 0 Å². The predicted molar refractivity (Wildman–Crippen MR) is 60.1 cm³/mol. The Morgan fingerprint density at radius 3 is 2.47 bits per heavy atom. The molecule has 0 saturated heterocycles. The molecule has 0 aliphatic carbocycles. The molecule has 2 heteroatoms. The van der Waals surface area contributed by atoms with E-state index in [1.807, 2.05) is 12.1 Å². The largest absolute Gasteiger partial charge is 0.303 e. The second-order valence-corrected chi connectivity index (χ2v) is 3.59. The number of aryl methyl sites for hydroxylation is 1. The summed E-state index contributed by atoms with van der Waals surface area (Å²) in [5.74, 6) is -0.105. The van der Waals surface area contributed by atoms with Gasteiger partial charge in [-0.15, -0.1) is 0 Å². The Kier molecular flexibility index (Phi) is 4.75. The highest BCUT2D eigenvalue weighted by Gasteiger charge is 2.03. The molecule has 0 fully saturated rings. The Morgan fingerprint density at radius 2 is 1.93 bits per heavy atom. The molecule has 0 amide bonds. The van der Waals surface area contributed by atoms with Crippen LogP contribution in [-0.4, -0.2) is 12.1 Å². The number of unbranched alkanes of at least 4 members (excludes halogenated alkanes) is 1. The first kappa shape index (κ1) is 11.6. The Bertz CT molecular complexity index is 325. The molecule has 0 saturated carbocycles. The van der Waals surface area contributed by atoms with Crippen LogP contribution >= 0.6 is 0 Å². The van der Waals surface area contributed by atoms with Crippen molar-refractivity contribution in [2.75, 3.05) is 0 Å². The lowest BCUT2D eigenvalue weighted by atomic mass is 10.0. The van der Waals surface area contributed by atoms with Gasteiger partial charge in [0.25, 0.3) is 0 Å². The van der Waals surface area contributed by atoms with E-state index < -0.39 is 0 Å². The van der Waals surface area contributed by atoms with Gasteiger partial charge in [0.1, 0.15) is 6.29 Å². The molecule has 0 atom stereocenters. The van der Waals surface area contributed by atoms with Crippen molar-refractivity contribution in [2.24, 2.45) is 0 Å². The molecule has 0 aliphatic rings. The third-order valence-corrected chi connectivity index (χ3v) is 2.36. The molecule has 0 aliphatic heterocycles. The third-order valence-electron chi connectivity index (χ3n) is 2.36. The number of benzene rings is 1. The lowest BCUT2D eigenvalue weighted by molar-refractivity contribution is -0.107. The van der Waals surface area contributed by atoms with E-state index in [2.05, 4.69) is 6.92 Å². The summed E-state index contributed by atoms with van der Waals surface area (Å²) in [7, 11) is 0. The minimum Gasteiger partial charge on any atom is -0.303 e. The number of Topliss-reactive ketones (excluding diaryl/α,β-unsaturated/α-hetero) is 1. The monoisotopic (exact) mass is 204 g/mol. The Balaban J connectivity index is 2.63. The van der Waals surface area contributed by atoms with E-state index in [0.717, 1.165) is 6.42 Å². The highest BCUT2D eigenvalue weighted by atomic mass is 16.1. The van der Waals surface area contributed by atoms with Gasteiger partial charge < -0.3 is 4.79 Å². The third kappa shape index (κ3) is 3.66. The van der Waals surface area contributed by atoms with Crippen molar-refractivity contribution in [2.45, 2.75) is 32.6 Å². The van der Waals surface area contributed by atoms with Crippen molar-refractivity contribution in [3.63, 3.8) is 0 Å². The Labute approximate surface area is 90.3 Å². The summed E-state index contributed by atoms with van der Waals surface area (Å²) >= 11 is 0. The van der Waals surface area contributed by atoms with Crippen molar-refractivity contribution in [3.8, 4) is 0 Å². The summed E-state index contributed by atoms with van der Waals surface area (Å²) in [5.41, 5.74) is 1.88. The van der Waals surface area contributed by atoms with Crippen LogP contribution < -0.4 is 0 Å². The molecule has 15 heavy (non-hydrogen) atoms. The van der Waals surface area contributed by atoms with Crippen LogP contribution in [0.4, 0.5) is 0 Å². The van der Waals surface area contributed by atoms with Gasteiger partial charge in [-0.2, -0.15) is 0 Å². The minimum atomic E-state index is -0.105. The van der Waals surface area contributed by atoms with Gasteiger partial charge in [0, 0.05) is 5.56 Å². The summed E-state index contributed by atoms with van der Waals surface area (Å²) < 4.78 is 0. The average molecular weight is 204 g/mol. The molecule has 1 aromatic rings. The number of carbonyl (C=O) groups is 2.